The van der Waals surface area contributed by atoms with Gasteiger partial charge in [-0.3, -0.25) is 4.79 Å². The zero-order valence-electron chi connectivity index (χ0n) is 14.8. The van der Waals surface area contributed by atoms with Crippen LogP contribution in [-0.2, 0) is 10.0 Å². The summed E-state index contributed by atoms with van der Waals surface area (Å²) >= 11 is 1.21. The Kier molecular flexibility index (Phi) is 5.64. The zero-order valence-corrected chi connectivity index (χ0v) is 16.4. The van der Waals surface area contributed by atoms with Crippen LogP contribution in [0.2, 0.25) is 0 Å². The van der Waals surface area contributed by atoms with Crippen molar-refractivity contribution in [2.75, 3.05) is 26.2 Å². The molecule has 1 aliphatic heterocycles. The average Bonchev–Trinajstić information content (AvgIpc) is 3.17. The fraction of sp³-hybridized carbons (Fsp3) is 0.389. The van der Waals surface area contributed by atoms with Crippen LogP contribution in [0, 0.1) is 0 Å². The maximum absolute atomic E-state index is 12.6. The standard InChI is InChI=1S/C18H22N2O4S2/c1-14(2)24-16-7-5-15(6-8-16)18(21)19-9-11-20(12-10-19)26(22,23)17-4-3-13-25-17/h3-8,13-14H,9-12H2,1-2H3. The van der Waals surface area contributed by atoms with Crippen LogP contribution in [0.5, 0.6) is 5.75 Å². The van der Waals surface area contributed by atoms with E-state index in [9.17, 15) is 13.2 Å². The molecule has 0 unspecified atom stereocenters. The summed E-state index contributed by atoms with van der Waals surface area (Å²) in [5.74, 6) is 0.637. The van der Waals surface area contributed by atoms with Crippen molar-refractivity contribution in [3.63, 3.8) is 0 Å². The summed E-state index contributed by atoms with van der Waals surface area (Å²) in [6, 6.07) is 10.4. The predicted molar refractivity (Wildman–Crippen MR) is 101 cm³/mol. The van der Waals surface area contributed by atoms with Gasteiger partial charge in [0.25, 0.3) is 15.9 Å². The van der Waals surface area contributed by atoms with Crippen molar-refractivity contribution >= 4 is 27.3 Å². The van der Waals surface area contributed by atoms with E-state index < -0.39 is 10.0 Å². The van der Waals surface area contributed by atoms with Crippen molar-refractivity contribution in [3.05, 3.63) is 47.3 Å². The third-order valence-corrected chi connectivity index (χ3v) is 7.36. The number of carbonyl (C=O) groups excluding carboxylic acids is 1. The van der Waals surface area contributed by atoms with Gasteiger partial charge in [-0.25, -0.2) is 8.42 Å². The van der Waals surface area contributed by atoms with E-state index in [-0.39, 0.29) is 12.0 Å². The van der Waals surface area contributed by atoms with Crippen molar-refractivity contribution in [2.45, 2.75) is 24.2 Å². The summed E-state index contributed by atoms with van der Waals surface area (Å²) in [7, 11) is -3.45. The second kappa shape index (κ2) is 7.77. The lowest BCUT2D eigenvalue weighted by Crippen LogP contribution is -2.50. The molecule has 1 fully saturated rings. The molecule has 2 aromatic rings. The Morgan fingerprint density at radius 3 is 2.27 bits per heavy atom. The molecule has 1 aliphatic rings. The van der Waals surface area contributed by atoms with Crippen molar-refractivity contribution in [2.24, 2.45) is 0 Å². The molecular formula is C18H22N2O4S2. The maximum Gasteiger partial charge on any atom is 0.253 e. The third kappa shape index (κ3) is 4.08. The molecule has 1 aromatic carbocycles. The van der Waals surface area contributed by atoms with Crippen LogP contribution in [0.4, 0.5) is 0 Å². The van der Waals surface area contributed by atoms with Crippen LogP contribution in [0.25, 0.3) is 0 Å². The van der Waals surface area contributed by atoms with Gasteiger partial charge < -0.3 is 9.64 Å². The quantitative estimate of drug-likeness (QED) is 0.782. The fourth-order valence-corrected chi connectivity index (χ4v) is 5.37. The minimum Gasteiger partial charge on any atom is -0.491 e. The molecule has 26 heavy (non-hydrogen) atoms. The molecule has 0 atom stereocenters. The summed E-state index contributed by atoms with van der Waals surface area (Å²) in [6.07, 6.45) is 0.0786. The summed E-state index contributed by atoms with van der Waals surface area (Å²) < 4.78 is 32.5. The van der Waals surface area contributed by atoms with Gasteiger partial charge in [0.05, 0.1) is 6.10 Å². The van der Waals surface area contributed by atoms with E-state index in [0.29, 0.717) is 36.0 Å². The molecule has 1 amide bonds. The largest absolute Gasteiger partial charge is 0.491 e. The number of sulfonamides is 1. The normalized spacial score (nSPS) is 16.0. The number of hydrogen-bond donors (Lipinski definition) is 0. The molecule has 8 heteroatoms. The van der Waals surface area contributed by atoms with E-state index in [1.54, 1.807) is 46.7 Å². The lowest BCUT2D eigenvalue weighted by Gasteiger charge is -2.33. The number of amides is 1. The van der Waals surface area contributed by atoms with Gasteiger partial charge in [-0.2, -0.15) is 4.31 Å². The van der Waals surface area contributed by atoms with E-state index in [1.165, 1.54) is 15.6 Å². The molecule has 0 saturated carbocycles. The maximum atomic E-state index is 12.6. The van der Waals surface area contributed by atoms with Crippen LogP contribution >= 0.6 is 11.3 Å². The predicted octanol–water partition coefficient (Wildman–Crippen LogP) is 2.68. The van der Waals surface area contributed by atoms with Gasteiger partial charge >= 0.3 is 0 Å². The van der Waals surface area contributed by atoms with Crippen LogP contribution in [0.3, 0.4) is 0 Å². The first-order chi connectivity index (χ1) is 12.4. The topological polar surface area (TPSA) is 66.9 Å². The summed E-state index contributed by atoms with van der Waals surface area (Å²) in [6.45, 7) is 5.27. The molecule has 0 aliphatic carbocycles. The Labute approximate surface area is 158 Å². The molecule has 0 spiro atoms. The number of hydrogen-bond acceptors (Lipinski definition) is 5. The molecule has 3 rings (SSSR count). The smallest absolute Gasteiger partial charge is 0.253 e. The van der Waals surface area contributed by atoms with E-state index in [1.807, 2.05) is 13.8 Å². The highest BCUT2D eigenvalue weighted by Gasteiger charge is 2.30. The van der Waals surface area contributed by atoms with Gasteiger partial charge in [0.2, 0.25) is 0 Å². The number of rotatable bonds is 5. The van der Waals surface area contributed by atoms with Crippen molar-refractivity contribution in [1.29, 1.82) is 0 Å². The Balaban J connectivity index is 1.62. The number of ether oxygens (including phenoxy) is 1. The van der Waals surface area contributed by atoms with Crippen LogP contribution < -0.4 is 4.74 Å². The average molecular weight is 395 g/mol. The number of thiophene rings is 1. The van der Waals surface area contributed by atoms with Crippen LogP contribution in [0.15, 0.2) is 46.0 Å². The van der Waals surface area contributed by atoms with E-state index in [0.717, 1.165) is 5.75 Å². The highest BCUT2D eigenvalue weighted by atomic mass is 32.2. The molecule has 0 bridgehead atoms. The van der Waals surface area contributed by atoms with Crippen molar-refractivity contribution < 1.29 is 17.9 Å². The van der Waals surface area contributed by atoms with Gasteiger partial charge in [0.15, 0.2) is 0 Å². The zero-order chi connectivity index (χ0) is 18.7. The third-order valence-electron chi connectivity index (χ3n) is 4.09. The Morgan fingerprint density at radius 2 is 1.73 bits per heavy atom. The highest BCUT2D eigenvalue weighted by molar-refractivity contribution is 7.91. The van der Waals surface area contributed by atoms with E-state index in [2.05, 4.69) is 0 Å². The van der Waals surface area contributed by atoms with Gasteiger partial charge in [0, 0.05) is 31.7 Å². The fourth-order valence-electron chi connectivity index (χ4n) is 2.80. The highest BCUT2D eigenvalue weighted by Crippen LogP contribution is 2.23. The summed E-state index contributed by atoms with van der Waals surface area (Å²) in [4.78, 5) is 14.3. The molecule has 6 nitrogen and oxygen atoms in total. The molecule has 1 saturated heterocycles. The minimum atomic E-state index is -3.45. The lowest BCUT2D eigenvalue weighted by molar-refractivity contribution is 0.0698. The van der Waals surface area contributed by atoms with Gasteiger partial charge in [-0.15, -0.1) is 11.3 Å². The molecular weight excluding hydrogens is 372 g/mol. The Hall–Kier alpha value is -1.90. The van der Waals surface area contributed by atoms with Gasteiger partial charge in [0.1, 0.15) is 9.96 Å². The molecule has 0 radical (unpaired) electrons. The first-order valence-corrected chi connectivity index (χ1v) is 10.8. The summed E-state index contributed by atoms with van der Waals surface area (Å²) in [5, 5.41) is 1.75. The van der Waals surface area contributed by atoms with Gasteiger partial charge in [-0.05, 0) is 49.6 Å². The second-order valence-electron chi connectivity index (χ2n) is 6.32. The molecule has 1 aromatic heterocycles. The minimum absolute atomic E-state index is 0.0786. The Bertz CT molecular complexity index is 838. The first-order valence-electron chi connectivity index (χ1n) is 8.47. The first kappa shape index (κ1) is 18.9. The number of piperazine rings is 1. The monoisotopic (exact) mass is 394 g/mol. The summed E-state index contributed by atoms with van der Waals surface area (Å²) in [5.41, 5.74) is 0.579. The van der Waals surface area contributed by atoms with Crippen LogP contribution in [-0.4, -0.2) is 55.8 Å². The SMILES string of the molecule is CC(C)Oc1ccc(C(=O)N2CCN(S(=O)(=O)c3cccs3)CC2)cc1. The molecule has 2 heterocycles. The second-order valence-corrected chi connectivity index (χ2v) is 9.43. The van der Waals surface area contributed by atoms with Crippen LogP contribution in [0.1, 0.15) is 24.2 Å². The van der Waals surface area contributed by atoms with Crippen molar-refractivity contribution in [1.82, 2.24) is 9.21 Å². The Morgan fingerprint density at radius 1 is 1.08 bits per heavy atom. The van der Waals surface area contributed by atoms with E-state index >= 15 is 0 Å². The molecule has 0 N–H and O–H groups in total. The molecule has 140 valence electrons. The number of carbonyl (C=O) groups is 1. The number of benzene rings is 1. The van der Waals surface area contributed by atoms with Gasteiger partial charge in [-0.1, -0.05) is 6.07 Å². The number of nitrogens with zero attached hydrogens (tertiary/aromatic N) is 2. The van der Waals surface area contributed by atoms with E-state index in [4.69, 9.17) is 4.74 Å². The van der Waals surface area contributed by atoms with Crippen molar-refractivity contribution in [3.8, 4) is 5.75 Å². The lowest BCUT2D eigenvalue weighted by atomic mass is 10.2.